The van der Waals surface area contributed by atoms with E-state index >= 15 is 0 Å². The highest BCUT2D eigenvalue weighted by Crippen LogP contribution is 2.27. The lowest BCUT2D eigenvalue weighted by Crippen LogP contribution is -1.69. The van der Waals surface area contributed by atoms with E-state index in [1.54, 1.807) is 12.4 Å². The number of nitrogens with zero attached hydrogens (tertiary/aromatic N) is 2. The predicted octanol–water partition coefficient (Wildman–Crippen LogP) is 2.37. The minimum Gasteiger partial charge on any atom is -0.159 e. The van der Waals surface area contributed by atoms with Crippen LogP contribution in [0.3, 0.4) is 0 Å². The molecule has 0 aliphatic carbocycles. The number of rotatable bonds is 0. The third kappa shape index (κ3) is 4.86. The molecule has 1 aliphatic rings. The van der Waals surface area contributed by atoms with Gasteiger partial charge >= 0.3 is 0 Å². The molecule has 0 amide bonds. The van der Waals surface area contributed by atoms with Gasteiger partial charge in [0.15, 0.2) is 0 Å². The molecular formula is C7H8N2S2. The summed E-state index contributed by atoms with van der Waals surface area (Å²) in [7, 11) is 3.69. The highest BCUT2D eigenvalue weighted by molar-refractivity contribution is 8.78. The Morgan fingerprint density at radius 2 is 1.82 bits per heavy atom. The number of aromatic nitrogens is 2. The van der Waals surface area contributed by atoms with E-state index in [1.165, 1.54) is 5.75 Å². The summed E-state index contributed by atoms with van der Waals surface area (Å²) in [5.41, 5.74) is 0. The molecule has 1 aromatic rings. The van der Waals surface area contributed by atoms with Gasteiger partial charge in [-0.1, -0.05) is 27.7 Å². The molecule has 0 aromatic carbocycles. The van der Waals surface area contributed by atoms with Crippen LogP contribution >= 0.6 is 21.6 Å². The van der Waals surface area contributed by atoms with Gasteiger partial charge in [0.1, 0.15) is 0 Å². The minimum absolute atomic E-state index is 1.20. The van der Waals surface area contributed by atoms with Crippen molar-refractivity contribution in [3.05, 3.63) is 36.0 Å². The van der Waals surface area contributed by atoms with Crippen LogP contribution in [-0.4, -0.2) is 16.0 Å². The Morgan fingerprint density at radius 1 is 1.09 bits per heavy atom. The fraction of sp³-hybridized carbons (Fsp3) is 0.143. The summed E-state index contributed by atoms with van der Waals surface area (Å²) in [6, 6.07) is 3.65. The molecule has 2 rings (SSSR count). The largest absolute Gasteiger partial charge is 0.159 e. The summed E-state index contributed by atoms with van der Waals surface area (Å²) in [6.07, 6.45) is 5.44. The molecule has 1 aromatic heterocycles. The van der Waals surface area contributed by atoms with Gasteiger partial charge in [-0.25, -0.2) is 0 Å². The second kappa shape index (κ2) is 6.24. The third-order valence-corrected chi connectivity index (χ3v) is 2.79. The van der Waals surface area contributed by atoms with E-state index in [-0.39, 0.29) is 0 Å². The Labute approximate surface area is 73.9 Å². The van der Waals surface area contributed by atoms with Gasteiger partial charge in [0.25, 0.3) is 0 Å². The first kappa shape index (κ1) is 8.62. The quantitative estimate of drug-likeness (QED) is 0.578. The molecule has 2 heterocycles. The van der Waals surface area contributed by atoms with Crippen LogP contribution in [0.25, 0.3) is 0 Å². The van der Waals surface area contributed by atoms with Crippen LogP contribution in [0.4, 0.5) is 0 Å². The van der Waals surface area contributed by atoms with E-state index in [2.05, 4.69) is 21.7 Å². The summed E-state index contributed by atoms with van der Waals surface area (Å²) in [6.45, 7) is 0. The van der Waals surface area contributed by atoms with Crippen molar-refractivity contribution in [3.63, 3.8) is 0 Å². The average Bonchev–Trinajstić information content (AvgIpc) is 2.64. The normalized spacial score (nSPS) is 13.8. The lowest BCUT2D eigenvalue weighted by Gasteiger charge is -1.69. The Bertz CT molecular complexity index is 168. The van der Waals surface area contributed by atoms with Crippen molar-refractivity contribution in [1.82, 2.24) is 10.2 Å². The van der Waals surface area contributed by atoms with Gasteiger partial charge in [0.05, 0.1) is 0 Å². The fourth-order valence-electron chi connectivity index (χ4n) is 0.450. The summed E-state index contributed by atoms with van der Waals surface area (Å²) >= 11 is 0. The summed E-state index contributed by atoms with van der Waals surface area (Å²) in [4.78, 5) is 0. The zero-order valence-corrected chi connectivity index (χ0v) is 7.52. The van der Waals surface area contributed by atoms with E-state index < -0.39 is 0 Å². The van der Waals surface area contributed by atoms with E-state index in [9.17, 15) is 0 Å². The molecule has 1 aliphatic heterocycles. The molecule has 58 valence electrons. The predicted molar refractivity (Wildman–Crippen MR) is 51.2 cm³/mol. The first-order valence-electron chi connectivity index (χ1n) is 3.15. The third-order valence-electron chi connectivity index (χ3n) is 0.867. The zero-order valence-electron chi connectivity index (χ0n) is 5.88. The molecule has 0 unspecified atom stereocenters. The van der Waals surface area contributed by atoms with Crippen molar-refractivity contribution < 1.29 is 0 Å². The van der Waals surface area contributed by atoms with Gasteiger partial charge in [0, 0.05) is 18.1 Å². The van der Waals surface area contributed by atoms with Crippen LogP contribution in [0.1, 0.15) is 0 Å². The molecule has 2 nitrogen and oxygen atoms in total. The topological polar surface area (TPSA) is 25.8 Å². The maximum atomic E-state index is 3.53. The van der Waals surface area contributed by atoms with Crippen molar-refractivity contribution in [2.24, 2.45) is 0 Å². The van der Waals surface area contributed by atoms with Gasteiger partial charge in [-0.15, -0.1) is 0 Å². The first-order valence-corrected chi connectivity index (χ1v) is 5.53. The second-order valence-electron chi connectivity index (χ2n) is 1.67. The molecule has 0 spiro atoms. The van der Waals surface area contributed by atoms with Crippen molar-refractivity contribution in [2.75, 3.05) is 5.75 Å². The molecule has 0 radical (unpaired) electrons. The van der Waals surface area contributed by atoms with Crippen LogP contribution in [0.5, 0.6) is 0 Å². The van der Waals surface area contributed by atoms with E-state index in [4.69, 9.17) is 0 Å². The van der Waals surface area contributed by atoms with Crippen LogP contribution in [0.2, 0.25) is 0 Å². The molecule has 0 saturated carbocycles. The molecule has 0 bridgehead atoms. The Kier molecular flexibility index (Phi) is 4.89. The molecule has 11 heavy (non-hydrogen) atoms. The average molecular weight is 184 g/mol. The standard InChI is InChI=1S/C4H4N2.C3H4S2/c1-2-4-6-5-3-1;1-2-4-5-3-1/h1-4H;1-2H,3H2. The lowest BCUT2D eigenvalue weighted by molar-refractivity contribution is 1.03. The number of hydrogen-bond acceptors (Lipinski definition) is 4. The maximum absolute atomic E-state index is 3.53. The van der Waals surface area contributed by atoms with E-state index in [1.807, 2.05) is 33.7 Å². The van der Waals surface area contributed by atoms with Gasteiger partial charge in [-0.05, 0) is 17.5 Å². The van der Waals surface area contributed by atoms with Gasteiger partial charge in [-0.3, -0.25) is 0 Å². The smallest absolute Gasteiger partial charge is 0.0496 e. The maximum Gasteiger partial charge on any atom is 0.0496 e. The van der Waals surface area contributed by atoms with Crippen LogP contribution in [0, 0.1) is 0 Å². The van der Waals surface area contributed by atoms with E-state index in [0.717, 1.165) is 0 Å². The summed E-state index contributed by atoms with van der Waals surface area (Å²) in [5.74, 6) is 1.20. The van der Waals surface area contributed by atoms with Crippen molar-refractivity contribution >= 4 is 21.6 Å². The highest BCUT2D eigenvalue weighted by Gasteiger charge is 1.85. The molecule has 0 N–H and O–H groups in total. The van der Waals surface area contributed by atoms with Crippen molar-refractivity contribution in [1.29, 1.82) is 0 Å². The molecule has 0 fully saturated rings. The first-order chi connectivity index (χ1) is 5.50. The van der Waals surface area contributed by atoms with Gasteiger partial charge in [0.2, 0.25) is 0 Å². The monoisotopic (exact) mass is 184 g/mol. The highest BCUT2D eigenvalue weighted by atomic mass is 33.1. The fourth-order valence-corrected chi connectivity index (χ4v) is 2.02. The van der Waals surface area contributed by atoms with Gasteiger partial charge in [-0.2, -0.15) is 10.2 Å². The summed E-state index contributed by atoms with van der Waals surface area (Å²) in [5, 5.41) is 9.19. The molecule has 0 saturated heterocycles. The van der Waals surface area contributed by atoms with Crippen LogP contribution < -0.4 is 0 Å². The molecular weight excluding hydrogens is 176 g/mol. The molecule has 4 heteroatoms. The lowest BCUT2D eigenvalue weighted by atomic mass is 10.6. The minimum atomic E-state index is 1.20. The Morgan fingerprint density at radius 3 is 2.00 bits per heavy atom. The molecule has 0 atom stereocenters. The van der Waals surface area contributed by atoms with Crippen LogP contribution in [0.15, 0.2) is 36.0 Å². The Balaban J connectivity index is 0.000000112. The van der Waals surface area contributed by atoms with E-state index in [0.29, 0.717) is 0 Å². The SMILES string of the molecule is C1=CSSC1.c1ccnnc1. The summed E-state index contributed by atoms with van der Waals surface area (Å²) < 4.78 is 0. The number of hydrogen-bond donors (Lipinski definition) is 0. The van der Waals surface area contributed by atoms with Crippen molar-refractivity contribution in [3.8, 4) is 0 Å². The van der Waals surface area contributed by atoms with Crippen LogP contribution in [-0.2, 0) is 0 Å². The van der Waals surface area contributed by atoms with Crippen molar-refractivity contribution in [2.45, 2.75) is 0 Å². The van der Waals surface area contributed by atoms with Gasteiger partial charge < -0.3 is 0 Å². The second-order valence-corrected chi connectivity index (χ2v) is 3.98. The zero-order chi connectivity index (χ0) is 7.78. The Hall–Kier alpha value is -0.480.